The Labute approximate surface area is 134 Å². The van der Waals surface area contributed by atoms with E-state index in [2.05, 4.69) is 10.5 Å². The largest absolute Gasteiger partial charge is 0.396 e. The number of rotatable bonds is 6. The van der Waals surface area contributed by atoms with Crippen LogP contribution in [-0.4, -0.2) is 28.3 Å². The predicted molar refractivity (Wildman–Crippen MR) is 84.8 cm³/mol. The fourth-order valence-corrected chi connectivity index (χ4v) is 2.27. The molecule has 0 radical (unpaired) electrons. The van der Waals surface area contributed by atoms with Gasteiger partial charge in [0.25, 0.3) is 5.91 Å². The Balaban J connectivity index is 2.16. The monoisotopic (exact) mass is 322 g/mol. The van der Waals surface area contributed by atoms with Gasteiger partial charge in [0.1, 0.15) is 5.69 Å². The Bertz CT molecular complexity index is 656. The molecule has 0 aliphatic heterocycles. The van der Waals surface area contributed by atoms with E-state index in [0.717, 1.165) is 5.56 Å². The highest BCUT2D eigenvalue weighted by molar-refractivity contribution is 6.30. The molecule has 1 aromatic heterocycles. The molecule has 2 rings (SSSR count). The second-order valence-corrected chi connectivity index (χ2v) is 5.87. The lowest BCUT2D eigenvalue weighted by molar-refractivity contribution is 0.0848. The normalized spacial score (nSPS) is 13.6. The molecule has 5 nitrogen and oxygen atoms in total. The van der Waals surface area contributed by atoms with Crippen LogP contribution in [0.1, 0.15) is 37.2 Å². The molecule has 1 amide bonds. The molecule has 2 aromatic rings. The lowest BCUT2D eigenvalue weighted by atomic mass is 9.95. The number of benzene rings is 1. The molecular formula is C16H19ClN2O3. The Kier molecular flexibility index (Phi) is 5.21. The summed E-state index contributed by atoms with van der Waals surface area (Å²) in [5.74, 6) is -0.217. The molecule has 0 fully saturated rings. The molecule has 1 atom stereocenters. The van der Waals surface area contributed by atoms with Crippen LogP contribution in [0.2, 0.25) is 5.02 Å². The Morgan fingerprint density at radius 3 is 2.86 bits per heavy atom. The Morgan fingerprint density at radius 2 is 2.23 bits per heavy atom. The number of hydrogen-bond donors (Lipinski definition) is 2. The van der Waals surface area contributed by atoms with E-state index in [1.165, 1.54) is 0 Å². The van der Waals surface area contributed by atoms with Gasteiger partial charge in [0.05, 0.1) is 0 Å². The van der Waals surface area contributed by atoms with Crippen LogP contribution in [0, 0.1) is 0 Å². The van der Waals surface area contributed by atoms with Crippen LogP contribution in [0.3, 0.4) is 0 Å². The topological polar surface area (TPSA) is 75.4 Å². The van der Waals surface area contributed by atoms with Crippen molar-refractivity contribution in [2.24, 2.45) is 0 Å². The first-order chi connectivity index (χ1) is 10.5. The summed E-state index contributed by atoms with van der Waals surface area (Å²) in [6.07, 6.45) is 1.18. The number of halogens is 1. The zero-order valence-corrected chi connectivity index (χ0v) is 13.4. The van der Waals surface area contributed by atoms with E-state index >= 15 is 0 Å². The molecular weight excluding hydrogens is 304 g/mol. The van der Waals surface area contributed by atoms with Crippen LogP contribution in [-0.2, 0) is 0 Å². The highest BCUT2D eigenvalue weighted by atomic mass is 35.5. The zero-order chi connectivity index (χ0) is 16.2. The van der Waals surface area contributed by atoms with E-state index in [4.69, 9.17) is 21.2 Å². The SMILES string of the molecule is CCC(C)(CCO)NC(=O)c1cc(-c2cccc(Cl)c2)no1. The van der Waals surface area contributed by atoms with Crippen LogP contribution in [0.25, 0.3) is 11.3 Å². The van der Waals surface area contributed by atoms with Crippen molar-refractivity contribution in [3.05, 3.63) is 41.1 Å². The fourth-order valence-electron chi connectivity index (χ4n) is 2.08. The quantitative estimate of drug-likeness (QED) is 0.855. The maximum absolute atomic E-state index is 12.3. The molecule has 0 aliphatic rings. The molecule has 0 bridgehead atoms. The van der Waals surface area contributed by atoms with Crippen LogP contribution >= 0.6 is 11.6 Å². The minimum absolute atomic E-state index is 0.00872. The van der Waals surface area contributed by atoms with Gasteiger partial charge in [0.15, 0.2) is 0 Å². The molecule has 0 spiro atoms. The average molecular weight is 323 g/mol. The number of aliphatic hydroxyl groups excluding tert-OH is 1. The van der Waals surface area contributed by atoms with Gasteiger partial charge in [-0.25, -0.2) is 0 Å². The minimum Gasteiger partial charge on any atom is -0.396 e. The standard InChI is InChI=1S/C16H19ClN2O3/c1-3-16(2,7-8-20)18-15(21)14-10-13(19-22-14)11-5-4-6-12(17)9-11/h4-6,9-10,20H,3,7-8H2,1-2H3,(H,18,21). The van der Waals surface area contributed by atoms with Gasteiger partial charge in [-0.1, -0.05) is 35.8 Å². The number of aliphatic hydroxyl groups is 1. The molecule has 22 heavy (non-hydrogen) atoms. The van der Waals surface area contributed by atoms with Gasteiger partial charge in [-0.05, 0) is 31.9 Å². The number of aromatic nitrogens is 1. The van der Waals surface area contributed by atoms with Crippen molar-refractivity contribution in [3.8, 4) is 11.3 Å². The van der Waals surface area contributed by atoms with Crippen LogP contribution in [0.4, 0.5) is 0 Å². The van der Waals surface area contributed by atoms with Crippen molar-refractivity contribution in [2.75, 3.05) is 6.61 Å². The summed E-state index contributed by atoms with van der Waals surface area (Å²) in [4.78, 5) is 12.3. The molecule has 0 aliphatic carbocycles. The van der Waals surface area contributed by atoms with E-state index < -0.39 is 5.54 Å². The predicted octanol–water partition coefficient (Wildman–Crippen LogP) is 3.28. The van der Waals surface area contributed by atoms with Crippen molar-refractivity contribution in [3.63, 3.8) is 0 Å². The van der Waals surface area contributed by atoms with Gasteiger partial charge < -0.3 is 14.9 Å². The van der Waals surface area contributed by atoms with E-state index in [1.807, 2.05) is 26.0 Å². The highest BCUT2D eigenvalue weighted by Gasteiger charge is 2.26. The lowest BCUT2D eigenvalue weighted by Gasteiger charge is -2.28. The molecule has 2 N–H and O–H groups in total. The summed E-state index contributed by atoms with van der Waals surface area (Å²) >= 11 is 5.94. The van der Waals surface area contributed by atoms with Gasteiger partial charge in [-0.3, -0.25) is 4.79 Å². The van der Waals surface area contributed by atoms with Crippen LogP contribution < -0.4 is 5.32 Å². The number of nitrogens with zero attached hydrogens (tertiary/aromatic N) is 1. The van der Waals surface area contributed by atoms with Gasteiger partial charge in [0.2, 0.25) is 5.76 Å². The number of amides is 1. The maximum atomic E-state index is 12.3. The third kappa shape index (κ3) is 3.87. The van der Waals surface area contributed by atoms with E-state index in [0.29, 0.717) is 23.6 Å². The van der Waals surface area contributed by atoms with E-state index in [-0.39, 0.29) is 18.3 Å². The summed E-state index contributed by atoms with van der Waals surface area (Å²) in [6, 6.07) is 8.74. The Hall–Kier alpha value is -1.85. The van der Waals surface area contributed by atoms with E-state index in [9.17, 15) is 4.79 Å². The first kappa shape index (κ1) is 16.5. The summed E-state index contributed by atoms with van der Waals surface area (Å²) < 4.78 is 5.12. The minimum atomic E-state index is -0.477. The van der Waals surface area contributed by atoms with Crippen molar-refractivity contribution in [2.45, 2.75) is 32.2 Å². The van der Waals surface area contributed by atoms with Crippen LogP contribution in [0.15, 0.2) is 34.9 Å². The number of hydrogen-bond acceptors (Lipinski definition) is 4. The molecule has 118 valence electrons. The number of nitrogens with one attached hydrogen (secondary N) is 1. The van der Waals surface area contributed by atoms with Gasteiger partial charge in [-0.15, -0.1) is 0 Å². The molecule has 1 aromatic carbocycles. The summed E-state index contributed by atoms with van der Waals surface area (Å²) in [6.45, 7) is 3.85. The second-order valence-electron chi connectivity index (χ2n) is 5.43. The highest BCUT2D eigenvalue weighted by Crippen LogP contribution is 2.23. The van der Waals surface area contributed by atoms with Crippen molar-refractivity contribution >= 4 is 17.5 Å². The van der Waals surface area contributed by atoms with Crippen molar-refractivity contribution in [1.82, 2.24) is 10.5 Å². The second kappa shape index (κ2) is 6.94. The van der Waals surface area contributed by atoms with Gasteiger partial charge in [0, 0.05) is 28.8 Å². The maximum Gasteiger partial charge on any atom is 0.290 e. The first-order valence-corrected chi connectivity index (χ1v) is 7.51. The van der Waals surface area contributed by atoms with Gasteiger partial charge in [-0.2, -0.15) is 0 Å². The first-order valence-electron chi connectivity index (χ1n) is 7.13. The smallest absolute Gasteiger partial charge is 0.290 e. The zero-order valence-electron chi connectivity index (χ0n) is 12.6. The molecule has 1 unspecified atom stereocenters. The third-order valence-corrected chi connectivity index (χ3v) is 3.95. The average Bonchev–Trinajstić information content (AvgIpc) is 2.97. The lowest BCUT2D eigenvalue weighted by Crippen LogP contribution is -2.46. The molecule has 1 heterocycles. The summed E-state index contributed by atoms with van der Waals surface area (Å²) in [5.41, 5.74) is 0.853. The molecule has 6 heteroatoms. The summed E-state index contributed by atoms with van der Waals surface area (Å²) in [7, 11) is 0. The summed E-state index contributed by atoms with van der Waals surface area (Å²) in [5, 5.41) is 16.5. The van der Waals surface area contributed by atoms with Gasteiger partial charge >= 0.3 is 0 Å². The third-order valence-electron chi connectivity index (χ3n) is 3.71. The van der Waals surface area contributed by atoms with Crippen LogP contribution in [0.5, 0.6) is 0 Å². The Morgan fingerprint density at radius 1 is 1.45 bits per heavy atom. The molecule has 0 saturated heterocycles. The van der Waals surface area contributed by atoms with Crippen molar-refractivity contribution in [1.29, 1.82) is 0 Å². The molecule has 0 saturated carbocycles. The fraction of sp³-hybridized carbons (Fsp3) is 0.375. The number of carbonyl (C=O) groups is 1. The van der Waals surface area contributed by atoms with Crippen molar-refractivity contribution < 1.29 is 14.4 Å². The number of carbonyl (C=O) groups excluding carboxylic acids is 1. The van der Waals surface area contributed by atoms with E-state index in [1.54, 1.807) is 18.2 Å².